The number of nitrogens with zero attached hydrogens (tertiary/aromatic N) is 2. The first-order valence-electron chi connectivity index (χ1n) is 11.3. The van der Waals surface area contributed by atoms with Crippen molar-refractivity contribution < 1.29 is 27.4 Å². The van der Waals surface area contributed by atoms with Crippen molar-refractivity contribution in [2.24, 2.45) is 0 Å². The molecule has 8 nitrogen and oxygen atoms in total. The van der Waals surface area contributed by atoms with Crippen molar-refractivity contribution in [1.29, 1.82) is 0 Å². The Morgan fingerprint density at radius 2 is 1.74 bits per heavy atom. The van der Waals surface area contributed by atoms with Crippen molar-refractivity contribution in [2.45, 2.75) is 13.1 Å². The van der Waals surface area contributed by atoms with Gasteiger partial charge in [-0.2, -0.15) is 13.2 Å². The van der Waals surface area contributed by atoms with E-state index in [1.807, 2.05) is 13.0 Å². The van der Waals surface area contributed by atoms with E-state index < -0.39 is 12.7 Å². The Labute approximate surface area is 231 Å². The first kappa shape index (κ1) is 28.1. The van der Waals surface area contributed by atoms with Crippen LogP contribution in [-0.2, 0) is 4.79 Å². The molecule has 13 heteroatoms. The van der Waals surface area contributed by atoms with Crippen LogP contribution in [0.2, 0.25) is 10.0 Å². The summed E-state index contributed by atoms with van der Waals surface area (Å²) < 4.78 is 50.2. The average molecular weight is 580 g/mol. The summed E-state index contributed by atoms with van der Waals surface area (Å²) in [6, 6.07) is 9.96. The van der Waals surface area contributed by atoms with Gasteiger partial charge < -0.3 is 25.4 Å². The number of amides is 1. The molecule has 0 aliphatic rings. The van der Waals surface area contributed by atoms with Gasteiger partial charge in [0.1, 0.15) is 29.7 Å². The minimum absolute atomic E-state index is 0.0739. The Balaban J connectivity index is 1.89. The number of carbonyl (C=O) groups excluding carboxylic acids is 1. The van der Waals surface area contributed by atoms with Gasteiger partial charge in [0, 0.05) is 28.6 Å². The standard InChI is InChI=1S/C26H22Cl2F3N5O3/c1-13-5-4-6-16(34-12-37)24(13)36-20-8-15-14(10-32-20)7-17(35-25(15)33-11-26(29,30)31)21-22(27)18(38-2)9-19(39-3)23(21)28/h4-10,12H,11H2,1-3H3,(H,32,36)(H,33,35)(H,34,37). The molecule has 2 aromatic carbocycles. The van der Waals surface area contributed by atoms with E-state index in [1.54, 1.807) is 24.3 Å². The zero-order valence-corrected chi connectivity index (χ0v) is 22.3. The smallest absolute Gasteiger partial charge is 0.405 e. The molecule has 0 fully saturated rings. The molecule has 0 aliphatic heterocycles. The molecule has 3 N–H and O–H groups in total. The van der Waals surface area contributed by atoms with Gasteiger partial charge in [-0.3, -0.25) is 4.79 Å². The van der Waals surface area contributed by atoms with E-state index in [9.17, 15) is 18.0 Å². The van der Waals surface area contributed by atoms with Crippen LogP contribution >= 0.6 is 23.2 Å². The fourth-order valence-electron chi connectivity index (χ4n) is 3.92. The van der Waals surface area contributed by atoms with Crippen LogP contribution in [0.25, 0.3) is 22.0 Å². The molecule has 0 atom stereocenters. The van der Waals surface area contributed by atoms with Gasteiger partial charge >= 0.3 is 6.18 Å². The van der Waals surface area contributed by atoms with E-state index in [1.165, 1.54) is 26.5 Å². The number of nitrogens with one attached hydrogen (secondary N) is 3. The summed E-state index contributed by atoms with van der Waals surface area (Å²) in [5.74, 6) is 0.732. The number of rotatable bonds is 9. The number of alkyl halides is 3. The number of aromatic nitrogens is 2. The molecule has 204 valence electrons. The summed E-state index contributed by atoms with van der Waals surface area (Å²) in [4.78, 5) is 19.9. The topological polar surface area (TPSA) is 97.4 Å². The van der Waals surface area contributed by atoms with Crippen molar-refractivity contribution in [1.82, 2.24) is 9.97 Å². The van der Waals surface area contributed by atoms with Crippen LogP contribution in [0.1, 0.15) is 5.56 Å². The van der Waals surface area contributed by atoms with Gasteiger partial charge in [0.05, 0.1) is 41.3 Å². The highest BCUT2D eigenvalue weighted by molar-refractivity contribution is 6.41. The lowest BCUT2D eigenvalue weighted by molar-refractivity contribution is -0.115. The van der Waals surface area contributed by atoms with Crippen molar-refractivity contribution >= 4 is 63.4 Å². The van der Waals surface area contributed by atoms with Crippen LogP contribution < -0.4 is 25.4 Å². The number of aryl methyl sites for hydroxylation is 1. The second-order valence-corrected chi connectivity index (χ2v) is 9.04. The first-order valence-corrected chi connectivity index (χ1v) is 12.1. The molecule has 0 saturated carbocycles. The Bertz CT molecular complexity index is 1520. The lowest BCUT2D eigenvalue weighted by atomic mass is 10.1. The van der Waals surface area contributed by atoms with Crippen LogP contribution in [0.3, 0.4) is 0 Å². The number of benzene rings is 2. The number of ether oxygens (including phenoxy) is 2. The molecule has 4 rings (SSSR count). The number of halogens is 5. The van der Waals surface area contributed by atoms with E-state index in [4.69, 9.17) is 32.7 Å². The largest absolute Gasteiger partial charge is 0.495 e. The maximum atomic E-state index is 13.2. The molecule has 2 aromatic heterocycles. The number of fused-ring (bicyclic) bond motifs is 1. The van der Waals surface area contributed by atoms with Gasteiger partial charge in [-0.15, -0.1) is 0 Å². The predicted octanol–water partition coefficient (Wildman–Crippen LogP) is 7.22. The summed E-state index contributed by atoms with van der Waals surface area (Å²) in [5, 5.41) is 9.13. The van der Waals surface area contributed by atoms with Gasteiger partial charge in [0.25, 0.3) is 0 Å². The summed E-state index contributed by atoms with van der Waals surface area (Å²) in [5.41, 5.74) is 2.29. The maximum Gasteiger partial charge on any atom is 0.405 e. The molecule has 39 heavy (non-hydrogen) atoms. The summed E-state index contributed by atoms with van der Waals surface area (Å²) in [6.45, 7) is 0.497. The van der Waals surface area contributed by atoms with Crippen LogP contribution in [0.15, 0.2) is 42.6 Å². The number of para-hydroxylation sites is 1. The summed E-state index contributed by atoms with van der Waals surface area (Å²) in [7, 11) is 2.82. The maximum absolute atomic E-state index is 13.2. The molecular weight excluding hydrogens is 558 g/mol. The third-order valence-corrected chi connectivity index (χ3v) is 6.49. The molecule has 2 heterocycles. The van der Waals surface area contributed by atoms with Crippen molar-refractivity contribution in [2.75, 3.05) is 36.7 Å². The van der Waals surface area contributed by atoms with Crippen LogP contribution in [0.5, 0.6) is 11.5 Å². The minimum Gasteiger partial charge on any atom is -0.495 e. The SMILES string of the molecule is COc1cc(OC)c(Cl)c(-c2cc3cnc(Nc4c(C)cccc4NC=O)cc3c(NCC(F)(F)F)n2)c1Cl. The molecule has 0 spiro atoms. The Morgan fingerprint density at radius 1 is 1.05 bits per heavy atom. The molecule has 1 amide bonds. The third kappa shape index (κ3) is 6.04. The number of hydrogen-bond acceptors (Lipinski definition) is 7. The Hall–Kier alpha value is -3.96. The molecule has 0 aliphatic carbocycles. The molecule has 0 unspecified atom stereocenters. The van der Waals surface area contributed by atoms with E-state index in [-0.39, 0.29) is 38.6 Å². The second kappa shape index (κ2) is 11.4. The van der Waals surface area contributed by atoms with E-state index >= 15 is 0 Å². The zero-order valence-electron chi connectivity index (χ0n) is 20.8. The summed E-state index contributed by atoms with van der Waals surface area (Å²) >= 11 is 13.1. The van der Waals surface area contributed by atoms with E-state index in [0.29, 0.717) is 34.4 Å². The second-order valence-electron chi connectivity index (χ2n) is 8.28. The highest BCUT2D eigenvalue weighted by atomic mass is 35.5. The number of hydrogen-bond donors (Lipinski definition) is 3. The highest BCUT2D eigenvalue weighted by Gasteiger charge is 2.28. The van der Waals surface area contributed by atoms with Crippen LogP contribution in [0, 0.1) is 6.92 Å². The average Bonchev–Trinajstić information content (AvgIpc) is 2.89. The zero-order chi connectivity index (χ0) is 28.3. The first-order chi connectivity index (χ1) is 18.6. The lowest BCUT2D eigenvalue weighted by Crippen LogP contribution is -2.22. The van der Waals surface area contributed by atoms with Gasteiger partial charge in [0.15, 0.2) is 0 Å². The van der Waals surface area contributed by atoms with Gasteiger partial charge in [-0.1, -0.05) is 35.3 Å². The summed E-state index contributed by atoms with van der Waals surface area (Å²) in [6.07, 6.45) is -2.49. The van der Waals surface area contributed by atoms with Gasteiger partial charge in [-0.05, 0) is 30.7 Å². The normalized spacial score (nSPS) is 11.3. The number of carbonyl (C=O) groups is 1. The predicted molar refractivity (Wildman–Crippen MR) is 147 cm³/mol. The van der Waals surface area contributed by atoms with Crippen LogP contribution in [-0.4, -0.2) is 43.3 Å². The molecule has 0 saturated heterocycles. The number of methoxy groups -OCH3 is 2. The van der Waals surface area contributed by atoms with Crippen molar-refractivity contribution in [3.8, 4) is 22.8 Å². The van der Waals surface area contributed by atoms with Gasteiger partial charge in [-0.25, -0.2) is 9.97 Å². The monoisotopic (exact) mass is 579 g/mol. The quantitative estimate of drug-likeness (QED) is 0.180. The molecule has 4 aromatic rings. The van der Waals surface area contributed by atoms with Crippen LogP contribution in [0.4, 0.5) is 36.2 Å². The minimum atomic E-state index is -4.51. The van der Waals surface area contributed by atoms with Gasteiger partial charge in [0.2, 0.25) is 6.41 Å². The lowest BCUT2D eigenvalue weighted by Gasteiger charge is -2.18. The van der Waals surface area contributed by atoms with E-state index in [2.05, 4.69) is 25.9 Å². The Kier molecular flexibility index (Phi) is 8.22. The molecular formula is C26H22Cl2F3N5O3. The van der Waals surface area contributed by atoms with Crippen molar-refractivity contribution in [3.05, 3.63) is 58.2 Å². The highest BCUT2D eigenvalue weighted by Crippen LogP contribution is 2.46. The van der Waals surface area contributed by atoms with E-state index in [0.717, 1.165) is 5.56 Å². The third-order valence-electron chi connectivity index (χ3n) is 5.74. The molecule has 0 radical (unpaired) electrons. The fourth-order valence-corrected chi connectivity index (χ4v) is 4.61. The number of pyridine rings is 2. The number of anilines is 4. The Morgan fingerprint density at radius 3 is 2.36 bits per heavy atom. The fraction of sp³-hybridized carbons (Fsp3) is 0.192. The van der Waals surface area contributed by atoms with Crippen molar-refractivity contribution in [3.63, 3.8) is 0 Å². The molecule has 0 bridgehead atoms.